The predicted octanol–water partition coefficient (Wildman–Crippen LogP) is 4.48. The van der Waals surface area contributed by atoms with Crippen molar-refractivity contribution in [2.75, 3.05) is 0 Å². The van der Waals surface area contributed by atoms with Gasteiger partial charge in [0.1, 0.15) is 11.6 Å². The lowest BCUT2D eigenvalue weighted by Crippen LogP contribution is -1.85. The van der Waals surface area contributed by atoms with Crippen LogP contribution in [0, 0.1) is 5.82 Å². The molecule has 2 aromatic carbocycles. The number of aromatic hydroxyl groups is 1. The predicted molar refractivity (Wildman–Crippen MR) is 69.1 cm³/mol. The van der Waals surface area contributed by atoms with E-state index in [0.29, 0.717) is 10.8 Å². The molecule has 0 amide bonds. The van der Waals surface area contributed by atoms with Crippen molar-refractivity contribution < 1.29 is 9.50 Å². The third kappa shape index (κ3) is 3.38. The smallest absolute Gasteiger partial charge is 0.123 e. The van der Waals surface area contributed by atoms with Crippen LogP contribution < -0.4 is 0 Å². The Labute approximate surface area is 108 Å². The summed E-state index contributed by atoms with van der Waals surface area (Å²) in [5, 5.41) is 9.71. The van der Waals surface area contributed by atoms with Crippen molar-refractivity contribution >= 4 is 23.4 Å². The maximum absolute atomic E-state index is 13.0. The molecule has 0 heterocycles. The summed E-state index contributed by atoms with van der Waals surface area (Å²) in [7, 11) is 0. The second-order valence-electron chi connectivity index (χ2n) is 3.52. The average molecular weight is 269 g/mol. The lowest BCUT2D eigenvalue weighted by molar-refractivity contribution is 0.475. The summed E-state index contributed by atoms with van der Waals surface area (Å²) in [6.45, 7) is 0. The Morgan fingerprint density at radius 3 is 2.53 bits per heavy atom. The Balaban J connectivity index is 2.07. The highest BCUT2D eigenvalue weighted by Gasteiger charge is 2.03. The van der Waals surface area contributed by atoms with E-state index in [1.54, 1.807) is 30.0 Å². The van der Waals surface area contributed by atoms with Crippen LogP contribution in [0.1, 0.15) is 5.56 Å². The fraction of sp³-hybridized carbons (Fsp3) is 0.0769. The van der Waals surface area contributed by atoms with E-state index >= 15 is 0 Å². The van der Waals surface area contributed by atoms with Crippen LogP contribution in [0.4, 0.5) is 4.39 Å². The van der Waals surface area contributed by atoms with Crippen LogP contribution in [0.3, 0.4) is 0 Å². The molecule has 0 fully saturated rings. The zero-order valence-corrected chi connectivity index (χ0v) is 10.4. The lowest BCUT2D eigenvalue weighted by atomic mass is 10.2. The first-order valence-corrected chi connectivity index (χ1v) is 6.37. The first-order chi connectivity index (χ1) is 8.15. The topological polar surface area (TPSA) is 20.2 Å². The third-order valence-corrected chi connectivity index (χ3v) is 3.67. The van der Waals surface area contributed by atoms with Crippen LogP contribution >= 0.6 is 23.4 Å². The Morgan fingerprint density at radius 2 is 1.82 bits per heavy atom. The number of benzene rings is 2. The van der Waals surface area contributed by atoms with Gasteiger partial charge >= 0.3 is 0 Å². The molecule has 0 atom stereocenters. The van der Waals surface area contributed by atoms with Gasteiger partial charge in [0, 0.05) is 15.7 Å². The highest BCUT2D eigenvalue weighted by atomic mass is 35.5. The summed E-state index contributed by atoms with van der Waals surface area (Å²) in [6, 6.07) is 11.2. The number of hydrogen-bond donors (Lipinski definition) is 1. The number of phenols is 1. The Morgan fingerprint density at radius 1 is 1.12 bits per heavy atom. The Kier molecular flexibility index (Phi) is 3.92. The molecule has 2 aromatic rings. The number of thioether (sulfide) groups is 1. The summed E-state index contributed by atoms with van der Waals surface area (Å²) in [6.07, 6.45) is 0. The molecule has 0 bridgehead atoms. The molecule has 0 unspecified atom stereocenters. The Hall–Kier alpha value is -1.19. The number of rotatable bonds is 3. The van der Waals surface area contributed by atoms with Gasteiger partial charge in [0.25, 0.3) is 0 Å². The van der Waals surface area contributed by atoms with Gasteiger partial charge in [-0.15, -0.1) is 11.8 Å². The molecular formula is C13H10ClFOS. The van der Waals surface area contributed by atoms with Crippen molar-refractivity contribution in [3.05, 3.63) is 58.9 Å². The molecule has 0 aliphatic carbocycles. The molecule has 0 aliphatic heterocycles. The van der Waals surface area contributed by atoms with E-state index in [-0.39, 0.29) is 11.6 Å². The fourth-order valence-electron chi connectivity index (χ4n) is 1.36. The molecule has 0 spiro atoms. The van der Waals surface area contributed by atoms with E-state index in [1.807, 2.05) is 12.1 Å². The van der Waals surface area contributed by atoms with Gasteiger partial charge < -0.3 is 5.11 Å². The van der Waals surface area contributed by atoms with E-state index in [0.717, 1.165) is 10.5 Å². The zero-order valence-electron chi connectivity index (χ0n) is 8.86. The lowest BCUT2D eigenvalue weighted by Gasteiger charge is -2.04. The second-order valence-corrected chi connectivity index (χ2v) is 4.97. The molecule has 17 heavy (non-hydrogen) atoms. The third-order valence-electron chi connectivity index (χ3n) is 2.24. The molecule has 88 valence electrons. The first-order valence-electron chi connectivity index (χ1n) is 5.01. The van der Waals surface area contributed by atoms with Gasteiger partial charge in [-0.25, -0.2) is 4.39 Å². The summed E-state index contributed by atoms with van der Waals surface area (Å²) in [5.41, 5.74) is 0.768. The van der Waals surface area contributed by atoms with Crippen LogP contribution in [-0.4, -0.2) is 5.11 Å². The normalized spacial score (nSPS) is 10.5. The van der Waals surface area contributed by atoms with Gasteiger partial charge in [-0.05, 0) is 48.0 Å². The van der Waals surface area contributed by atoms with Crippen LogP contribution in [0.2, 0.25) is 5.02 Å². The van der Waals surface area contributed by atoms with Crippen LogP contribution in [0.5, 0.6) is 5.75 Å². The van der Waals surface area contributed by atoms with Crippen molar-refractivity contribution in [3.8, 4) is 5.75 Å². The molecule has 1 N–H and O–H groups in total. The molecule has 0 saturated heterocycles. The molecular weight excluding hydrogens is 259 g/mol. The monoisotopic (exact) mass is 268 g/mol. The first kappa shape index (κ1) is 12.3. The maximum Gasteiger partial charge on any atom is 0.123 e. The minimum absolute atomic E-state index is 0.234. The maximum atomic E-state index is 13.0. The second kappa shape index (κ2) is 5.43. The van der Waals surface area contributed by atoms with Crippen molar-refractivity contribution in [2.45, 2.75) is 10.6 Å². The molecule has 4 heteroatoms. The SMILES string of the molecule is Oc1ccc(SCc2cc(F)ccc2Cl)cc1. The molecule has 2 rings (SSSR count). The largest absolute Gasteiger partial charge is 0.508 e. The minimum atomic E-state index is -0.282. The van der Waals surface area contributed by atoms with Crippen LogP contribution in [-0.2, 0) is 5.75 Å². The number of hydrogen-bond acceptors (Lipinski definition) is 2. The van der Waals surface area contributed by atoms with Gasteiger partial charge in [-0.1, -0.05) is 11.6 Å². The minimum Gasteiger partial charge on any atom is -0.508 e. The van der Waals surface area contributed by atoms with E-state index in [1.165, 1.54) is 12.1 Å². The fourth-order valence-corrected chi connectivity index (χ4v) is 2.51. The van der Waals surface area contributed by atoms with Crippen molar-refractivity contribution in [3.63, 3.8) is 0 Å². The quantitative estimate of drug-likeness (QED) is 0.829. The number of halogens is 2. The Bertz CT molecular complexity index is 513. The van der Waals surface area contributed by atoms with E-state index in [9.17, 15) is 4.39 Å². The van der Waals surface area contributed by atoms with Gasteiger partial charge in [0.2, 0.25) is 0 Å². The molecule has 0 aromatic heterocycles. The van der Waals surface area contributed by atoms with Gasteiger partial charge in [-0.3, -0.25) is 0 Å². The van der Waals surface area contributed by atoms with E-state index < -0.39 is 0 Å². The van der Waals surface area contributed by atoms with E-state index in [2.05, 4.69) is 0 Å². The van der Waals surface area contributed by atoms with Gasteiger partial charge in [-0.2, -0.15) is 0 Å². The highest BCUT2D eigenvalue weighted by Crippen LogP contribution is 2.28. The summed E-state index contributed by atoms with van der Waals surface area (Å²) in [4.78, 5) is 1.00. The highest BCUT2D eigenvalue weighted by molar-refractivity contribution is 7.98. The van der Waals surface area contributed by atoms with Crippen molar-refractivity contribution in [1.29, 1.82) is 0 Å². The number of phenolic OH excluding ortho intramolecular Hbond substituents is 1. The summed E-state index contributed by atoms with van der Waals surface area (Å²) < 4.78 is 13.0. The molecule has 1 nitrogen and oxygen atoms in total. The van der Waals surface area contributed by atoms with Crippen LogP contribution in [0.25, 0.3) is 0 Å². The molecule has 0 radical (unpaired) electrons. The van der Waals surface area contributed by atoms with Crippen LogP contribution in [0.15, 0.2) is 47.4 Å². The summed E-state index contributed by atoms with van der Waals surface area (Å²) >= 11 is 7.51. The standard InChI is InChI=1S/C13H10ClFOS/c14-13-6-1-10(15)7-9(13)8-17-12-4-2-11(16)3-5-12/h1-7,16H,8H2. The summed E-state index contributed by atoms with van der Waals surface area (Å²) in [5.74, 6) is 0.551. The molecule has 0 aliphatic rings. The van der Waals surface area contributed by atoms with Gasteiger partial charge in [0.15, 0.2) is 0 Å². The zero-order chi connectivity index (χ0) is 12.3. The molecule has 0 saturated carbocycles. The van der Waals surface area contributed by atoms with Crippen molar-refractivity contribution in [2.24, 2.45) is 0 Å². The van der Waals surface area contributed by atoms with Crippen molar-refractivity contribution in [1.82, 2.24) is 0 Å². The average Bonchev–Trinajstić information content (AvgIpc) is 2.32. The van der Waals surface area contributed by atoms with E-state index in [4.69, 9.17) is 16.7 Å². The van der Waals surface area contributed by atoms with Gasteiger partial charge in [0.05, 0.1) is 0 Å².